The predicted octanol–water partition coefficient (Wildman–Crippen LogP) is 6.74. The summed E-state index contributed by atoms with van der Waals surface area (Å²) in [5, 5.41) is 2.34. The van der Waals surface area contributed by atoms with Gasteiger partial charge in [-0.15, -0.1) is 5.73 Å². The number of allylic oxidation sites excluding steroid dienone is 1. The van der Waals surface area contributed by atoms with Gasteiger partial charge in [0, 0.05) is 10.6 Å². The van der Waals surface area contributed by atoms with Gasteiger partial charge >= 0.3 is 0 Å². The molecule has 0 amide bonds. The molecule has 0 N–H and O–H groups in total. The van der Waals surface area contributed by atoms with E-state index in [2.05, 4.69) is 17.9 Å². The number of benzene rings is 4. The number of hydrogen-bond donors (Lipinski definition) is 0. The molecule has 4 aromatic carbocycles. The Labute approximate surface area is 178 Å². The normalized spacial score (nSPS) is 10.8. The average Bonchev–Trinajstić information content (AvgIpc) is 2.84. The van der Waals surface area contributed by atoms with Gasteiger partial charge in [0.15, 0.2) is 7.14 Å². The minimum Gasteiger partial charge on any atom is -0.308 e. The lowest BCUT2D eigenvalue weighted by atomic mass is 10.1. The first-order valence-electron chi connectivity index (χ1n) is 10.00. The molecule has 0 heterocycles. The summed E-state index contributed by atoms with van der Waals surface area (Å²) in [4.78, 5) is 0. The minimum absolute atomic E-state index is 0.724. The van der Waals surface area contributed by atoms with Crippen LogP contribution in [0.15, 0.2) is 127 Å². The van der Waals surface area contributed by atoms with Crippen LogP contribution in [0.4, 0.5) is 0 Å². The van der Waals surface area contributed by atoms with E-state index >= 15 is 0 Å². The second-order valence-corrected chi connectivity index (χ2v) is 9.81. The van der Waals surface area contributed by atoms with Crippen LogP contribution >= 0.6 is 7.14 Å². The quantitative estimate of drug-likeness (QED) is 0.265. The van der Waals surface area contributed by atoms with Gasteiger partial charge in [-0.3, -0.25) is 0 Å². The number of rotatable bonds is 5. The van der Waals surface area contributed by atoms with Crippen LogP contribution in [0.3, 0.4) is 0 Å². The van der Waals surface area contributed by atoms with Crippen molar-refractivity contribution in [1.82, 2.24) is 0 Å². The van der Waals surface area contributed by atoms with Crippen LogP contribution < -0.4 is 10.6 Å². The number of hydrogen-bond acceptors (Lipinski definition) is 1. The Morgan fingerprint density at radius 1 is 0.567 bits per heavy atom. The van der Waals surface area contributed by atoms with Crippen molar-refractivity contribution in [3.05, 3.63) is 138 Å². The van der Waals surface area contributed by atoms with Crippen LogP contribution in [0.5, 0.6) is 0 Å². The van der Waals surface area contributed by atoms with Crippen molar-refractivity contribution in [3.8, 4) is 0 Å². The molecule has 0 aliphatic heterocycles. The molecule has 0 spiro atoms. The van der Waals surface area contributed by atoms with Crippen LogP contribution in [-0.2, 0) is 4.57 Å². The summed E-state index contributed by atoms with van der Waals surface area (Å²) in [6.45, 7) is 2.03. The lowest BCUT2D eigenvalue weighted by molar-refractivity contribution is 0.593. The molecular formula is C28H23OP. The third-order valence-electron chi connectivity index (χ3n) is 5.11. The summed E-state index contributed by atoms with van der Waals surface area (Å²) in [6.07, 6.45) is 0. The van der Waals surface area contributed by atoms with E-state index < -0.39 is 7.14 Å². The Bertz CT molecular complexity index is 1180. The summed E-state index contributed by atoms with van der Waals surface area (Å²) in [7, 11) is -3.15. The summed E-state index contributed by atoms with van der Waals surface area (Å²) in [5.74, 6) is 0. The van der Waals surface area contributed by atoms with Gasteiger partial charge < -0.3 is 4.57 Å². The van der Waals surface area contributed by atoms with E-state index in [0.717, 1.165) is 32.6 Å². The van der Waals surface area contributed by atoms with E-state index in [1.165, 1.54) is 0 Å². The molecule has 0 aliphatic carbocycles. The van der Waals surface area contributed by atoms with Crippen molar-refractivity contribution in [3.63, 3.8) is 0 Å². The fourth-order valence-corrected chi connectivity index (χ4v) is 6.39. The maximum absolute atomic E-state index is 15.0. The van der Waals surface area contributed by atoms with Gasteiger partial charge in [0.1, 0.15) is 0 Å². The zero-order valence-electron chi connectivity index (χ0n) is 16.9. The minimum atomic E-state index is -3.15. The van der Waals surface area contributed by atoms with E-state index in [-0.39, 0.29) is 0 Å². The Morgan fingerprint density at radius 2 is 0.933 bits per heavy atom. The van der Waals surface area contributed by atoms with Crippen molar-refractivity contribution in [1.29, 1.82) is 0 Å². The Kier molecular flexibility index (Phi) is 5.96. The second-order valence-electron chi connectivity index (χ2n) is 7.11. The Hall–Kier alpha value is -3.37. The first-order chi connectivity index (χ1) is 14.7. The highest BCUT2D eigenvalue weighted by molar-refractivity contribution is 7.87. The fourth-order valence-electron chi connectivity index (χ4n) is 3.55. The van der Waals surface area contributed by atoms with Crippen molar-refractivity contribution in [2.75, 3.05) is 0 Å². The van der Waals surface area contributed by atoms with E-state index in [1.807, 2.05) is 116 Å². The molecule has 4 aromatic rings. The molecule has 0 unspecified atom stereocenters. The molecule has 0 atom stereocenters. The van der Waals surface area contributed by atoms with Gasteiger partial charge in [-0.1, -0.05) is 121 Å². The zero-order chi connectivity index (χ0) is 20.8. The zero-order valence-corrected chi connectivity index (χ0v) is 17.8. The molecule has 30 heavy (non-hydrogen) atoms. The Balaban J connectivity index is 2.08. The molecule has 4 rings (SSSR count). The maximum atomic E-state index is 15.0. The van der Waals surface area contributed by atoms with Gasteiger partial charge in [-0.2, -0.15) is 0 Å². The topological polar surface area (TPSA) is 17.1 Å². The molecule has 0 radical (unpaired) electrons. The fraction of sp³-hybridized carbons (Fsp3) is 0.0357. The molecule has 146 valence electrons. The summed E-state index contributed by atoms with van der Waals surface area (Å²) >= 11 is 0. The molecule has 0 aliphatic rings. The molecule has 0 fully saturated rings. The van der Waals surface area contributed by atoms with E-state index in [9.17, 15) is 4.57 Å². The summed E-state index contributed by atoms with van der Waals surface area (Å²) < 4.78 is 15.0. The molecule has 1 nitrogen and oxygen atoms in total. The molecule has 0 saturated heterocycles. The van der Waals surface area contributed by atoms with Gasteiger partial charge in [0.05, 0.1) is 5.31 Å². The first kappa shape index (κ1) is 19.9. The van der Waals surface area contributed by atoms with Crippen molar-refractivity contribution in [2.45, 2.75) is 6.92 Å². The van der Waals surface area contributed by atoms with Crippen molar-refractivity contribution < 1.29 is 4.57 Å². The molecule has 0 saturated carbocycles. The van der Waals surface area contributed by atoms with E-state index in [0.29, 0.717) is 0 Å². The molecule has 0 aromatic heterocycles. The highest BCUT2D eigenvalue weighted by atomic mass is 31.2. The van der Waals surface area contributed by atoms with Crippen LogP contribution in [0.2, 0.25) is 0 Å². The van der Waals surface area contributed by atoms with Gasteiger partial charge in [-0.05, 0) is 23.6 Å². The third-order valence-corrected chi connectivity index (χ3v) is 8.16. The smallest absolute Gasteiger partial charge is 0.179 e. The first-order valence-corrected chi connectivity index (χ1v) is 11.7. The second kappa shape index (κ2) is 8.97. The maximum Gasteiger partial charge on any atom is 0.179 e. The Morgan fingerprint density at radius 3 is 1.37 bits per heavy atom. The van der Waals surface area contributed by atoms with Gasteiger partial charge in [-0.25, -0.2) is 0 Å². The van der Waals surface area contributed by atoms with Crippen LogP contribution in [0, 0.1) is 0 Å². The molecule has 0 bridgehead atoms. The van der Waals surface area contributed by atoms with Gasteiger partial charge in [0.25, 0.3) is 0 Å². The highest BCUT2D eigenvalue weighted by Crippen LogP contribution is 2.56. The van der Waals surface area contributed by atoms with E-state index in [4.69, 9.17) is 0 Å². The summed E-state index contributed by atoms with van der Waals surface area (Å²) in [5.41, 5.74) is 6.51. The third kappa shape index (κ3) is 4.00. The predicted molar refractivity (Wildman–Crippen MR) is 129 cm³/mol. The van der Waals surface area contributed by atoms with Crippen LogP contribution in [0.25, 0.3) is 10.9 Å². The standard InChI is InChI=1S/C28H23OP/c1-23(24-14-6-2-7-15-24)22-28(25-16-8-3-9-17-25)30(29,26-18-10-4-11-19-26)27-20-12-5-13-21-27/h2-21H,1H3. The monoisotopic (exact) mass is 406 g/mol. The molecular weight excluding hydrogens is 383 g/mol. The van der Waals surface area contributed by atoms with Crippen molar-refractivity contribution >= 4 is 28.6 Å². The van der Waals surface area contributed by atoms with Crippen LogP contribution in [0.1, 0.15) is 18.1 Å². The van der Waals surface area contributed by atoms with Crippen molar-refractivity contribution in [2.24, 2.45) is 0 Å². The lowest BCUT2D eigenvalue weighted by Gasteiger charge is -2.22. The van der Waals surface area contributed by atoms with E-state index in [1.54, 1.807) is 0 Å². The average molecular weight is 406 g/mol. The SMILES string of the molecule is CC(=C=C(c1ccccc1)P(=O)(c1ccccc1)c1ccccc1)c1ccccc1. The highest BCUT2D eigenvalue weighted by Gasteiger charge is 2.33. The molecule has 2 heteroatoms. The lowest BCUT2D eigenvalue weighted by Crippen LogP contribution is -2.16. The van der Waals surface area contributed by atoms with Crippen LogP contribution in [-0.4, -0.2) is 0 Å². The largest absolute Gasteiger partial charge is 0.308 e. The van der Waals surface area contributed by atoms with Gasteiger partial charge in [0.2, 0.25) is 0 Å². The summed E-state index contributed by atoms with van der Waals surface area (Å²) in [6, 6.07) is 39.6.